The number of hydrogen-bond donors (Lipinski definition) is 4. The van der Waals surface area contributed by atoms with Crippen LogP contribution >= 0.6 is 0 Å². The van der Waals surface area contributed by atoms with Gasteiger partial charge in [0, 0.05) is 48.6 Å². The molecule has 0 saturated carbocycles. The molecule has 6 atom stereocenters. The molecule has 0 radical (unpaired) electrons. The number of carbonyl (C=O) groups excluding carboxylic acids is 3. The van der Waals surface area contributed by atoms with E-state index in [4.69, 9.17) is 9.29 Å². The Kier molecular flexibility index (Phi) is 8.46. The highest BCUT2D eigenvalue weighted by Gasteiger charge is 2.72. The minimum Gasteiger partial charge on any atom is -0.361 e. The summed E-state index contributed by atoms with van der Waals surface area (Å²) in [6.45, 7) is 4.56. The molecule has 3 fully saturated rings. The number of aromatic nitrogens is 1. The van der Waals surface area contributed by atoms with Crippen LogP contribution in [0.25, 0.3) is 16.5 Å². The minimum absolute atomic E-state index is 0.138. The molecule has 3 amide bonds. The number of aromatic amines is 1. The van der Waals surface area contributed by atoms with Crippen LogP contribution in [-0.4, -0.2) is 112 Å². The van der Waals surface area contributed by atoms with Crippen molar-refractivity contribution in [1.82, 2.24) is 25.0 Å². The zero-order chi connectivity index (χ0) is 35.7. The average Bonchev–Trinajstić information content (AvgIpc) is 3.77. The summed E-state index contributed by atoms with van der Waals surface area (Å²) in [6.07, 6.45) is 7.11. The second-order valence-electron chi connectivity index (χ2n) is 14.4. The van der Waals surface area contributed by atoms with E-state index in [1.54, 1.807) is 18.7 Å². The Hall–Kier alpha value is -4.08. The fourth-order valence-electron chi connectivity index (χ4n) is 8.47. The highest BCUT2D eigenvalue weighted by Crippen LogP contribution is 2.48. The summed E-state index contributed by atoms with van der Waals surface area (Å²) in [5.41, 5.74) is 3.59. The van der Waals surface area contributed by atoms with Gasteiger partial charge in [-0.15, -0.1) is 0 Å². The van der Waals surface area contributed by atoms with E-state index < -0.39 is 51.6 Å². The van der Waals surface area contributed by atoms with Crippen LogP contribution < -0.4 is 5.32 Å². The van der Waals surface area contributed by atoms with E-state index in [2.05, 4.69) is 33.5 Å². The Morgan fingerprint density at radius 3 is 2.56 bits per heavy atom. The third kappa shape index (κ3) is 5.63. The Balaban J connectivity index is 0.000000734. The van der Waals surface area contributed by atoms with Crippen molar-refractivity contribution < 1.29 is 37.2 Å². The number of piperazine rings is 1. The van der Waals surface area contributed by atoms with Crippen molar-refractivity contribution >= 4 is 44.3 Å². The first-order valence-corrected chi connectivity index (χ1v) is 18.8. The van der Waals surface area contributed by atoms with Gasteiger partial charge < -0.3 is 20.3 Å². The second kappa shape index (κ2) is 12.3. The first-order chi connectivity index (χ1) is 23.6. The summed E-state index contributed by atoms with van der Waals surface area (Å²) in [5.74, 6) is -4.27. The van der Waals surface area contributed by atoms with Crippen LogP contribution in [0.1, 0.15) is 43.4 Å². The molecule has 1 aliphatic carbocycles. The van der Waals surface area contributed by atoms with Gasteiger partial charge in [-0.1, -0.05) is 62.4 Å². The maximum atomic E-state index is 14.6. The lowest BCUT2D eigenvalue weighted by atomic mass is 9.79. The number of fused-ring (bicyclic) bond motifs is 5. The van der Waals surface area contributed by atoms with Gasteiger partial charge in [0.05, 0.1) is 12.2 Å². The van der Waals surface area contributed by atoms with Gasteiger partial charge in [0.2, 0.25) is 17.5 Å². The van der Waals surface area contributed by atoms with Crippen LogP contribution in [0.3, 0.4) is 0 Å². The summed E-state index contributed by atoms with van der Waals surface area (Å²) in [6, 6.07) is 14.2. The zero-order valence-electron chi connectivity index (χ0n) is 28.5. The van der Waals surface area contributed by atoms with Gasteiger partial charge >= 0.3 is 0 Å². The Morgan fingerprint density at radius 2 is 1.86 bits per heavy atom. The van der Waals surface area contributed by atoms with E-state index in [0.717, 1.165) is 28.6 Å². The third-order valence-corrected chi connectivity index (χ3v) is 10.8. The molecule has 8 rings (SSSR count). The number of H-pyrrole nitrogens is 1. The van der Waals surface area contributed by atoms with Crippen molar-refractivity contribution in [2.45, 2.75) is 69.3 Å². The van der Waals surface area contributed by atoms with Crippen molar-refractivity contribution in [1.29, 1.82) is 0 Å². The predicted octanol–water partition coefficient (Wildman–Crippen LogP) is 2.13. The summed E-state index contributed by atoms with van der Waals surface area (Å²) in [5, 5.41) is 16.5. The molecule has 50 heavy (non-hydrogen) atoms. The van der Waals surface area contributed by atoms with Crippen LogP contribution in [0.4, 0.5) is 0 Å². The monoisotopic (exact) mass is 705 g/mol. The molecule has 0 unspecified atom stereocenters. The lowest BCUT2D eigenvalue weighted by molar-refractivity contribution is -0.321. The maximum absolute atomic E-state index is 14.6. The molecule has 5 heterocycles. The molecule has 13 nitrogen and oxygen atoms in total. The topological polar surface area (TPSA) is 173 Å². The quantitative estimate of drug-likeness (QED) is 0.290. The van der Waals surface area contributed by atoms with Crippen molar-refractivity contribution in [2.75, 3.05) is 26.4 Å². The van der Waals surface area contributed by atoms with Gasteiger partial charge in [-0.25, -0.2) is 0 Å². The Labute approximate surface area is 291 Å². The van der Waals surface area contributed by atoms with Crippen LogP contribution in [0.5, 0.6) is 0 Å². The van der Waals surface area contributed by atoms with Crippen molar-refractivity contribution in [3.8, 4) is 0 Å². The standard InChI is InChI=1S/C35H39N5O5.CH4O3S/c1-20(2)34(37-31(41)23-16-25-24-11-7-12-26-30(24)22(18-36-26)17-27(25)38(3)19-23)33(43)40-28(15-21-9-5-4-6-10-21)32(42)39-14-8-13-29(39)35(40,44)45-34;1-5(2,3)4/h4-7,9-12,16,18,20,23,27-29,36,44H,8,13-15,17,19H2,1-3H3,(H,37,41);1H3,(H,2,3,4)/t23-,27+,28-,29-,34+,35-;/m0./s1. The number of ether oxygens (including phenoxy) is 1. The number of likely N-dealkylation sites (N-methyl/N-ethyl adjacent to an activating group) is 1. The molecule has 3 aromatic rings. The minimum atomic E-state index is -3.67. The van der Waals surface area contributed by atoms with E-state index in [0.29, 0.717) is 32.2 Å². The van der Waals surface area contributed by atoms with Gasteiger partial charge in [0.15, 0.2) is 0 Å². The van der Waals surface area contributed by atoms with Crippen LogP contribution in [-0.2, 0) is 42.1 Å². The van der Waals surface area contributed by atoms with Crippen molar-refractivity contribution in [3.63, 3.8) is 0 Å². The van der Waals surface area contributed by atoms with Crippen LogP contribution in [0.2, 0.25) is 0 Å². The fourth-order valence-corrected chi connectivity index (χ4v) is 8.47. The lowest BCUT2D eigenvalue weighted by Gasteiger charge is -2.48. The van der Waals surface area contributed by atoms with E-state index in [-0.39, 0.29) is 24.3 Å². The second-order valence-corrected chi connectivity index (χ2v) is 15.8. The molecule has 1 aromatic heterocycles. The molecule has 3 saturated heterocycles. The molecule has 0 spiro atoms. The summed E-state index contributed by atoms with van der Waals surface area (Å²) in [4.78, 5) is 51.2. The van der Waals surface area contributed by atoms with Crippen LogP contribution in [0, 0.1) is 11.8 Å². The lowest BCUT2D eigenvalue weighted by Crippen LogP contribution is -2.71. The number of carbonyl (C=O) groups is 3. The van der Waals surface area contributed by atoms with E-state index >= 15 is 0 Å². The van der Waals surface area contributed by atoms with Crippen LogP contribution in [0.15, 0.2) is 60.8 Å². The number of nitrogens with one attached hydrogen (secondary N) is 2. The van der Waals surface area contributed by atoms with Gasteiger partial charge in [0.25, 0.3) is 21.9 Å². The molecule has 0 bridgehead atoms. The largest absolute Gasteiger partial charge is 0.361 e. The number of nitrogens with zero attached hydrogens (tertiary/aromatic N) is 3. The number of amides is 3. The molecule has 266 valence electrons. The highest BCUT2D eigenvalue weighted by molar-refractivity contribution is 7.85. The Morgan fingerprint density at radius 1 is 1.14 bits per heavy atom. The average molecular weight is 706 g/mol. The van der Waals surface area contributed by atoms with E-state index in [1.165, 1.54) is 15.8 Å². The predicted molar refractivity (Wildman–Crippen MR) is 185 cm³/mol. The first kappa shape index (κ1) is 34.4. The van der Waals surface area contributed by atoms with Gasteiger partial charge in [0.1, 0.15) is 12.1 Å². The number of aliphatic hydroxyl groups is 1. The van der Waals surface area contributed by atoms with Gasteiger partial charge in [-0.3, -0.25) is 33.5 Å². The number of hydrogen-bond acceptors (Lipinski definition) is 8. The zero-order valence-corrected chi connectivity index (χ0v) is 29.3. The summed E-state index contributed by atoms with van der Waals surface area (Å²) >= 11 is 0. The Bertz CT molecular complexity index is 1990. The first-order valence-electron chi connectivity index (χ1n) is 17.0. The normalized spacial score (nSPS) is 30.4. The summed E-state index contributed by atoms with van der Waals surface area (Å²) < 4.78 is 32.4. The van der Waals surface area contributed by atoms with Crippen molar-refractivity contribution in [2.24, 2.45) is 11.8 Å². The third-order valence-electron chi connectivity index (χ3n) is 10.8. The fraction of sp³-hybridized carbons (Fsp3) is 0.472. The van der Waals surface area contributed by atoms with Gasteiger partial charge in [-0.2, -0.15) is 8.42 Å². The van der Waals surface area contributed by atoms with E-state index in [1.807, 2.05) is 49.5 Å². The smallest absolute Gasteiger partial charge is 0.281 e. The number of benzene rings is 2. The van der Waals surface area contributed by atoms with Gasteiger partial charge in [-0.05, 0) is 54.6 Å². The molecular formula is C36H43N5O8S. The number of rotatable bonds is 5. The molecule has 5 aliphatic rings. The molecule has 14 heteroatoms. The molecule has 4 aliphatic heterocycles. The summed E-state index contributed by atoms with van der Waals surface area (Å²) in [7, 11) is -1.64. The van der Waals surface area contributed by atoms with E-state index in [9.17, 15) is 27.9 Å². The molecule has 4 N–H and O–H groups in total. The highest BCUT2D eigenvalue weighted by atomic mass is 32.2. The van der Waals surface area contributed by atoms with Crippen molar-refractivity contribution in [3.05, 3.63) is 77.5 Å². The SMILES string of the molecule is CC(C)[C@@]1(NC(=O)[C@H]2C=C3c4cccc5[nH]cc(c45)C[C@H]3N(C)C2)O[C@@]2(O)[C@@H]3CCCN3C(=O)[C@H](Cc3ccccc3)N2C1=O.CS(=O)(=O)O. The molecule has 2 aromatic carbocycles. The molecular weight excluding hydrogens is 662 g/mol. The maximum Gasteiger partial charge on any atom is 0.281 e.